The molecule has 1 fully saturated rings. The fraction of sp³-hybridized carbons (Fsp3) is 0.467. The SMILES string of the molecule is CC1C(=O)NCC(=O)N1Cc1ccc2c(c1)CCC2. The van der Waals surface area contributed by atoms with E-state index < -0.39 is 0 Å². The molecule has 100 valence electrons. The lowest BCUT2D eigenvalue weighted by molar-refractivity contribution is -0.145. The predicted molar refractivity (Wildman–Crippen MR) is 71.5 cm³/mol. The first-order chi connectivity index (χ1) is 9.15. The van der Waals surface area contributed by atoms with Crippen molar-refractivity contribution in [3.63, 3.8) is 0 Å². The van der Waals surface area contributed by atoms with Gasteiger partial charge in [-0.1, -0.05) is 18.2 Å². The second-order valence-electron chi connectivity index (χ2n) is 5.37. The van der Waals surface area contributed by atoms with Crippen LogP contribution in [0.25, 0.3) is 0 Å². The van der Waals surface area contributed by atoms with Gasteiger partial charge in [-0.3, -0.25) is 9.59 Å². The molecule has 3 rings (SSSR count). The molecule has 1 aromatic rings. The summed E-state index contributed by atoms with van der Waals surface area (Å²) in [5.74, 6) is -0.0756. The second-order valence-corrected chi connectivity index (χ2v) is 5.37. The summed E-state index contributed by atoms with van der Waals surface area (Å²) in [4.78, 5) is 25.2. The Balaban J connectivity index is 1.80. The Morgan fingerprint density at radius 2 is 2.05 bits per heavy atom. The van der Waals surface area contributed by atoms with Gasteiger partial charge in [0.1, 0.15) is 6.04 Å². The third-order valence-corrected chi connectivity index (χ3v) is 4.10. The summed E-state index contributed by atoms with van der Waals surface area (Å²) < 4.78 is 0. The molecule has 0 aromatic heterocycles. The maximum absolute atomic E-state index is 11.9. The van der Waals surface area contributed by atoms with Crippen LogP contribution in [0.1, 0.15) is 30.0 Å². The molecule has 2 aliphatic rings. The summed E-state index contributed by atoms with van der Waals surface area (Å²) in [6.45, 7) is 2.43. The maximum atomic E-state index is 11.9. The molecule has 0 spiro atoms. The van der Waals surface area contributed by atoms with Gasteiger partial charge < -0.3 is 10.2 Å². The first-order valence-corrected chi connectivity index (χ1v) is 6.83. The van der Waals surface area contributed by atoms with Gasteiger partial charge in [0, 0.05) is 6.54 Å². The number of fused-ring (bicyclic) bond motifs is 1. The van der Waals surface area contributed by atoms with Gasteiger partial charge in [0.15, 0.2) is 0 Å². The minimum absolute atomic E-state index is 0.00685. The number of aryl methyl sites for hydroxylation is 2. The number of carbonyl (C=O) groups is 2. The minimum atomic E-state index is -0.380. The first-order valence-electron chi connectivity index (χ1n) is 6.83. The zero-order valence-corrected chi connectivity index (χ0v) is 11.1. The van der Waals surface area contributed by atoms with E-state index in [9.17, 15) is 9.59 Å². The number of nitrogens with zero attached hydrogens (tertiary/aromatic N) is 1. The average Bonchev–Trinajstić information content (AvgIpc) is 2.86. The number of hydrogen-bond donors (Lipinski definition) is 1. The van der Waals surface area contributed by atoms with E-state index in [2.05, 4.69) is 23.5 Å². The Morgan fingerprint density at radius 3 is 2.89 bits per heavy atom. The molecular formula is C15H18N2O2. The van der Waals surface area contributed by atoms with Gasteiger partial charge in [-0.25, -0.2) is 0 Å². The normalized spacial score (nSPS) is 22.4. The Labute approximate surface area is 112 Å². The number of hydrogen-bond acceptors (Lipinski definition) is 2. The molecule has 1 heterocycles. The van der Waals surface area contributed by atoms with E-state index in [1.54, 1.807) is 11.8 Å². The number of nitrogens with one attached hydrogen (secondary N) is 1. The standard InChI is InChI=1S/C15H18N2O2/c1-10-15(19)16-8-14(18)17(10)9-11-5-6-12-3-2-4-13(12)7-11/h5-7,10H,2-4,8-9H2,1H3,(H,16,19). The fourth-order valence-electron chi connectivity index (χ4n) is 2.91. The molecule has 2 amide bonds. The Hall–Kier alpha value is -1.84. The highest BCUT2D eigenvalue weighted by Crippen LogP contribution is 2.24. The molecule has 19 heavy (non-hydrogen) atoms. The fourth-order valence-corrected chi connectivity index (χ4v) is 2.91. The average molecular weight is 258 g/mol. The largest absolute Gasteiger partial charge is 0.345 e. The van der Waals surface area contributed by atoms with Gasteiger partial charge in [-0.05, 0) is 42.9 Å². The lowest BCUT2D eigenvalue weighted by Crippen LogP contribution is -2.56. The summed E-state index contributed by atoms with van der Waals surface area (Å²) in [7, 11) is 0. The number of amides is 2. The Bertz CT molecular complexity index is 539. The number of benzene rings is 1. The molecule has 0 saturated carbocycles. The zero-order valence-electron chi connectivity index (χ0n) is 11.1. The Morgan fingerprint density at radius 1 is 1.26 bits per heavy atom. The summed E-state index contributed by atoms with van der Waals surface area (Å²) in [5.41, 5.74) is 3.95. The molecule has 4 heteroatoms. The van der Waals surface area contributed by atoms with Crippen molar-refractivity contribution in [2.45, 2.75) is 38.8 Å². The summed E-state index contributed by atoms with van der Waals surface area (Å²) in [6, 6.07) is 6.05. The van der Waals surface area contributed by atoms with Crippen molar-refractivity contribution in [3.8, 4) is 0 Å². The highest BCUT2D eigenvalue weighted by molar-refractivity contribution is 5.94. The van der Waals surface area contributed by atoms with Crippen molar-refractivity contribution in [3.05, 3.63) is 34.9 Å². The van der Waals surface area contributed by atoms with Crippen molar-refractivity contribution < 1.29 is 9.59 Å². The van der Waals surface area contributed by atoms with Crippen LogP contribution in [-0.4, -0.2) is 29.3 Å². The molecule has 1 aliphatic heterocycles. The smallest absolute Gasteiger partial charge is 0.242 e. The van der Waals surface area contributed by atoms with Crippen molar-refractivity contribution in [2.75, 3.05) is 6.54 Å². The summed E-state index contributed by atoms with van der Waals surface area (Å²) in [5, 5.41) is 2.61. The van der Waals surface area contributed by atoms with E-state index in [1.807, 2.05) is 0 Å². The second kappa shape index (κ2) is 4.68. The van der Waals surface area contributed by atoms with Crippen LogP contribution < -0.4 is 5.32 Å². The van der Waals surface area contributed by atoms with E-state index in [0.717, 1.165) is 18.4 Å². The van der Waals surface area contributed by atoms with E-state index in [-0.39, 0.29) is 24.4 Å². The van der Waals surface area contributed by atoms with E-state index in [4.69, 9.17) is 0 Å². The number of rotatable bonds is 2. The minimum Gasteiger partial charge on any atom is -0.345 e. The van der Waals surface area contributed by atoms with E-state index in [1.165, 1.54) is 17.5 Å². The van der Waals surface area contributed by atoms with Gasteiger partial charge >= 0.3 is 0 Å². The van der Waals surface area contributed by atoms with Crippen LogP contribution in [0.15, 0.2) is 18.2 Å². The molecule has 1 unspecified atom stereocenters. The quantitative estimate of drug-likeness (QED) is 0.861. The van der Waals surface area contributed by atoms with Crippen LogP contribution in [0.2, 0.25) is 0 Å². The molecule has 4 nitrogen and oxygen atoms in total. The third kappa shape index (κ3) is 2.23. The molecular weight excluding hydrogens is 240 g/mol. The van der Waals surface area contributed by atoms with Gasteiger partial charge in [0.05, 0.1) is 6.54 Å². The topological polar surface area (TPSA) is 49.4 Å². The first kappa shape index (κ1) is 12.2. The monoisotopic (exact) mass is 258 g/mol. The van der Waals surface area contributed by atoms with E-state index >= 15 is 0 Å². The van der Waals surface area contributed by atoms with Crippen LogP contribution in [0, 0.1) is 0 Å². The number of carbonyl (C=O) groups excluding carboxylic acids is 2. The van der Waals surface area contributed by atoms with Gasteiger partial charge in [0.25, 0.3) is 0 Å². The van der Waals surface area contributed by atoms with Crippen molar-refractivity contribution >= 4 is 11.8 Å². The van der Waals surface area contributed by atoms with Gasteiger partial charge in [0.2, 0.25) is 11.8 Å². The highest BCUT2D eigenvalue weighted by atomic mass is 16.2. The Kier molecular flexibility index (Phi) is 3.01. The van der Waals surface area contributed by atoms with Crippen LogP contribution >= 0.6 is 0 Å². The molecule has 1 saturated heterocycles. The molecule has 1 aliphatic carbocycles. The van der Waals surface area contributed by atoms with Crippen molar-refractivity contribution in [2.24, 2.45) is 0 Å². The van der Waals surface area contributed by atoms with Crippen LogP contribution in [0.3, 0.4) is 0 Å². The van der Waals surface area contributed by atoms with E-state index in [0.29, 0.717) is 6.54 Å². The summed E-state index contributed by atoms with van der Waals surface area (Å²) >= 11 is 0. The predicted octanol–water partition coefficient (Wildman–Crippen LogP) is 1.02. The van der Waals surface area contributed by atoms with Crippen LogP contribution in [-0.2, 0) is 29.0 Å². The third-order valence-electron chi connectivity index (χ3n) is 4.10. The summed E-state index contributed by atoms with van der Waals surface area (Å²) in [6.07, 6.45) is 3.52. The lowest BCUT2D eigenvalue weighted by Gasteiger charge is -2.32. The van der Waals surface area contributed by atoms with Gasteiger partial charge in [-0.15, -0.1) is 0 Å². The maximum Gasteiger partial charge on any atom is 0.242 e. The highest BCUT2D eigenvalue weighted by Gasteiger charge is 2.30. The van der Waals surface area contributed by atoms with Crippen LogP contribution in [0.4, 0.5) is 0 Å². The van der Waals surface area contributed by atoms with Gasteiger partial charge in [-0.2, -0.15) is 0 Å². The van der Waals surface area contributed by atoms with Crippen LogP contribution in [0.5, 0.6) is 0 Å². The molecule has 1 aromatic carbocycles. The van der Waals surface area contributed by atoms with Crippen molar-refractivity contribution in [1.82, 2.24) is 10.2 Å². The zero-order chi connectivity index (χ0) is 13.4. The number of piperazine rings is 1. The van der Waals surface area contributed by atoms with Crippen molar-refractivity contribution in [1.29, 1.82) is 0 Å². The molecule has 0 bridgehead atoms. The molecule has 1 N–H and O–H groups in total. The lowest BCUT2D eigenvalue weighted by atomic mass is 10.0. The molecule has 0 radical (unpaired) electrons. The molecule has 1 atom stereocenters.